The SMILES string of the molecule is C=CC1=CC=CCC=C1N=C. The zero-order valence-corrected chi connectivity index (χ0v) is 6.46. The van der Waals surface area contributed by atoms with E-state index in [2.05, 4.69) is 24.4 Å². The third-order valence-corrected chi connectivity index (χ3v) is 1.55. The molecule has 1 aliphatic rings. The Morgan fingerprint density at radius 3 is 3.00 bits per heavy atom. The molecular formula is C10H11N. The zero-order chi connectivity index (χ0) is 8.10. The molecule has 0 N–H and O–H groups in total. The van der Waals surface area contributed by atoms with Crippen molar-refractivity contribution in [2.75, 3.05) is 0 Å². The molecule has 0 aliphatic heterocycles. The van der Waals surface area contributed by atoms with Gasteiger partial charge in [0.1, 0.15) is 0 Å². The molecule has 0 fully saturated rings. The summed E-state index contributed by atoms with van der Waals surface area (Å²) in [6.07, 6.45) is 10.8. The lowest BCUT2D eigenvalue weighted by Gasteiger charge is -1.97. The van der Waals surface area contributed by atoms with Crippen molar-refractivity contribution in [3.05, 3.63) is 48.2 Å². The normalized spacial score (nSPS) is 16.4. The van der Waals surface area contributed by atoms with Crippen molar-refractivity contribution in [2.24, 2.45) is 4.99 Å². The highest BCUT2D eigenvalue weighted by Gasteiger charge is 1.97. The maximum atomic E-state index is 3.89. The molecule has 1 rings (SSSR count). The second-order valence-corrected chi connectivity index (χ2v) is 2.24. The summed E-state index contributed by atoms with van der Waals surface area (Å²) in [6, 6.07) is 0. The highest BCUT2D eigenvalue weighted by atomic mass is 14.7. The maximum absolute atomic E-state index is 3.89. The van der Waals surface area contributed by atoms with Crippen molar-refractivity contribution in [1.29, 1.82) is 0 Å². The summed E-state index contributed by atoms with van der Waals surface area (Å²) >= 11 is 0. The molecule has 0 aromatic carbocycles. The van der Waals surface area contributed by atoms with Crippen LogP contribution in [0, 0.1) is 0 Å². The Morgan fingerprint density at radius 1 is 1.55 bits per heavy atom. The van der Waals surface area contributed by atoms with Crippen LogP contribution in [0.1, 0.15) is 6.42 Å². The molecule has 0 bridgehead atoms. The molecule has 0 unspecified atom stereocenters. The van der Waals surface area contributed by atoms with Crippen LogP contribution >= 0.6 is 0 Å². The minimum Gasteiger partial charge on any atom is -0.264 e. The molecule has 0 radical (unpaired) electrons. The lowest BCUT2D eigenvalue weighted by atomic mass is 10.2. The number of aliphatic imine (C=N–C) groups is 1. The van der Waals surface area contributed by atoms with Crippen LogP contribution in [0.3, 0.4) is 0 Å². The monoisotopic (exact) mass is 145 g/mol. The molecule has 0 amide bonds. The summed E-state index contributed by atoms with van der Waals surface area (Å²) in [4.78, 5) is 3.89. The third-order valence-electron chi connectivity index (χ3n) is 1.55. The molecule has 11 heavy (non-hydrogen) atoms. The summed E-state index contributed by atoms with van der Waals surface area (Å²) in [5.41, 5.74) is 1.96. The van der Waals surface area contributed by atoms with Gasteiger partial charge in [0.25, 0.3) is 0 Å². The quantitative estimate of drug-likeness (QED) is 0.530. The molecule has 0 saturated heterocycles. The lowest BCUT2D eigenvalue weighted by molar-refractivity contribution is 1.29. The minimum absolute atomic E-state index is 0.919. The van der Waals surface area contributed by atoms with Crippen molar-refractivity contribution >= 4 is 6.72 Å². The van der Waals surface area contributed by atoms with E-state index < -0.39 is 0 Å². The van der Waals surface area contributed by atoms with E-state index >= 15 is 0 Å². The zero-order valence-electron chi connectivity index (χ0n) is 6.46. The van der Waals surface area contributed by atoms with Crippen molar-refractivity contribution in [3.63, 3.8) is 0 Å². The third kappa shape index (κ3) is 1.77. The standard InChI is InChI=1S/C10H11N/c1-3-9-7-5-4-6-8-10(9)11-2/h3-5,7-8H,1-2,6H2. The molecule has 1 nitrogen and oxygen atoms in total. The van der Waals surface area contributed by atoms with Crippen LogP contribution in [-0.2, 0) is 0 Å². The van der Waals surface area contributed by atoms with Crippen LogP contribution in [0.15, 0.2) is 53.2 Å². The first-order chi connectivity index (χ1) is 5.38. The molecule has 0 aromatic heterocycles. The van der Waals surface area contributed by atoms with Crippen LogP contribution in [0.4, 0.5) is 0 Å². The largest absolute Gasteiger partial charge is 0.264 e. The maximum Gasteiger partial charge on any atom is 0.0657 e. The fourth-order valence-corrected chi connectivity index (χ4v) is 0.962. The van der Waals surface area contributed by atoms with E-state index in [9.17, 15) is 0 Å². The average molecular weight is 145 g/mol. The van der Waals surface area contributed by atoms with Crippen molar-refractivity contribution < 1.29 is 0 Å². The molecule has 0 atom stereocenters. The summed E-state index contributed by atoms with van der Waals surface area (Å²) < 4.78 is 0. The van der Waals surface area contributed by atoms with E-state index in [0.717, 1.165) is 17.7 Å². The van der Waals surface area contributed by atoms with E-state index in [4.69, 9.17) is 0 Å². The van der Waals surface area contributed by atoms with Gasteiger partial charge in [-0.3, -0.25) is 4.99 Å². The fraction of sp³-hybridized carbons (Fsp3) is 0.100. The average Bonchev–Trinajstić information content (AvgIpc) is 2.27. The molecule has 0 aromatic rings. The van der Waals surface area contributed by atoms with Gasteiger partial charge in [-0.15, -0.1) is 0 Å². The van der Waals surface area contributed by atoms with Gasteiger partial charge in [0, 0.05) is 0 Å². The van der Waals surface area contributed by atoms with Crippen LogP contribution in [0.25, 0.3) is 0 Å². The van der Waals surface area contributed by atoms with E-state index in [1.165, 1.54) is 0 Å². The predicted molar refractivity (Wildman–Crippen MR) is 49.7 cm³/mol. The van der Waals surface area contributed by atoms with Crippen molar-refractivity contribution in [1.82, 2.24) is 0 Å². The first kappa shape index (κ1) is 7.73. The number of rotatable bonds is 2. The second kappa shape index (κ2) is 3.71. The Balaban J connectivity index is 2.99. The number of allylic oxidation sites excluding steroid dienone is 5. The van der Waals surface area contributed by atoms with Gasteiger partial charge in [-0.05, 0) is 18.7 Å². The minimum atomic E-state index is 0.919. The first-order valence-corrected chi connectivity index (χ1v) is 3.55. The highest BCUT2D eigenvalue weighted by molar-refractivity contribution is 5.46. The summed E-state index contributed by atoms with van der Waals surface area (Å²) in [7, 11) is 0. The van der Waals surface area contributed by atoms with E-state index in [1.54, 1.807) is 6.08 Å². The molecule has 1 heteroatoms. The summed E-state index contributed by atoms with van der Waals surface area (Å²) in [5.74, 6) is 0. The highest BCUT2D eigenvalue weighted by Crippen LogP contribution is 2.15. The Labute approximate surface area is 67.2 Å². The van der Waals surface area contributed by atoms with Crippen LogP contribution < -0.4 is 0 Å². The second-order valence-electron chi connectivity index (χ2n) is 2.24. The summed E-state index contributed by atoms with van der Waals surface area (Å²) in [5, 5.41) is 0. The van der Waals surface area contributed by atoms with Gasteiger partial charge >= 0.3 is 0 Å². The van der Waals surface area contributed by atoms with Crippen molar-refractivity contribution in [3.8, 4) is 0 Å². The molecule has 56 valence electrons. The van der Waals surface area contributed by atoms with Crippen LogP contribution in [0.5, 0.6) is 0 Å². The van der Waals surface area contributed by atoms with Gasteiger partial charge in [-0.25, -0.2) is 0 Å². The van der Waals surface area contributed by atoms with E-state index in [0.29, 0.717) is 0 Å². The predicted octanol–water partition coefficient (Wildman–Crippen LogP) is 2.64. The van der Waals surface area contributed by atoms with Gasteiger partial charge in [-0.1, -0.05) is 37.0 Å². The molecule has 0 saturated carbocycles. The molecule has 0 heterocycles. The number of nitrogens with zero attached hydrogens (tertiary/aromatic N) is 1. The molecule has 0 spiro atoms. The van der Waals surface area contributed by atoms with Crippen LogP contribution in [-0.4, -0.2) is 6.72 Å². The molecular weight excluding hydrogens is 134 g/mol. The van der Waals surface area contributed by atoms with Crippen LogP contribution in [0.2, 0.25) is 0 Å². The van der Waals surface area contributed by atoms with Crippen molar-refractivity contribution in [2.45, 2.75) is 6.42 Å². The van der Waals surface area contributed by atoms with Gasteiger partial charge in [-0.2, -0.15) is 0 Å². The van der Waals surface area contributed by atoms with Gasteiger partial charge in [0.15, 0.2) is 0 Å². The van der Waals surface area contributed by atoms with Gasteiger partial charge in [0.05, 0.1) is 5.70 Å². The van der Waals surface area contributed by atoms with E-state index in [-0.39, 0.29) is 0 Å². The Morgan fingerprint density at radius 2 is 2.36 bits per heavy atom. The Kier molecular flexibility index (Phi) is 2.61. The lowest BCUT2D eigenvalue weighted by Crippen LogP contribution is -1.79. The van der Waals surface area contributed by atoms with E-state index in [1.807, 2.05) is 18.2 Å². The first-order valence-electron chi connectivity index (χ1n) is 3.55. The van der Waals surface area contributed by atoms with Gasteiger partial charge < -0.3 is 0 Å². The smallest absolute Gasteiger partial charge is 0.0657 e. The molecule has 1 aliphatic carbocycles. The van der Waals surface area contributed by atoms with Gasteiger partial charge in [0.2, 0.25) is 0 Å². The summed E-state index contributed by atoms with van der Waals surface area (Å²) in [6.45, 7) is 7.18. The topological polar surface area (TPSA) is 12.4 Å². The fourth-order valence-electron chi connectivity index (χ4n) is 0.962. The Hall–Kier alpha value is -1.37. The Bertz CT molecular complexity index is 254. The number of hydrogen-bond acceptors (Lipinski definition) is 1. The number of hydrogen-bond donors (Lipinski definition) is 0.